The normalized spacial score (nSPS) is 11.0. The van der Waals surface area contributed by atoms with Gasteiger partial charge in [-0.1, -0.05) is 31.1 Å². The second kappa shape index (κ2) is 13.4. The smallest absolute Gasteiger partial charge is 0.0431 e. The second-order valence-electron chi connectivity index (χ2n) is 3.97. The molecule has 0 aliphatic rings. The van der Waals surface area contributed by atoms with Crippen LogP contribution in [0.5, 0.6) is 0 Å². The summed E-state index contributed by atoms with van der Waals surface area (Å²) < 4.78 is 0. The van der Waals surface area contributed by atoms with E-state index in [0.717, 1.165) is 25.7 Å². The lowest BCUT2D eigenvalue weighted by Gasteiger charge is -1.96. The van der Waals surface area contributed by atoms with Crippen LogP contribution in [0.3, 0.4) is 0 Å². The van der Waals surface area contributed by atoms with E-state index in [1.165, 1.54) is 32.1 Å². The van der Waals surface area contributed by atoms with Crippen LogP contribution in [-0.2, 0) is 0 Å². The zero-order valence-electron chi connectivity index (χ0n) is 9.96. The summed E-state index contributed by atoms with van der Waals surface area (Å²) in [6, 6.07) is 0. The molecule has 0 atom stereocenters. The molecular weight excluding hydrogens is 184 g/mol. The lowest BCUT2D eigenvalue weighted by Crippen LogP contribution is -1.80. The minimum absolute atomic E-state index is 0.330. The SMILES string of the molecule is C=CCCCCCCC=CCCCCO. The van der Waals surface area contributed by atoms with Gasteiger partial charge < -0.3 is 5.11 Å². The second-order valence-corrected chi connectivity index (χ2v) is 3.97. The molecule has 0 rings (SSSR count). The Morgan fingerprint density at radius 1 is 0.733 bits per heavy atom. The zero-order chi connectivity index (χ0) is 11.2. The molecule has 0 unspecified atom stereocenters. The number of hydrogen-bond acceptors (Lipinski definition) is 1. The van der Waals surface area contributed by atoms with Crippen LogP contribution in [-0.4, -0.2) is 11.7 Å². The van der Waals surface area contributed by atoms with E-state index in [2.05, 4.69) is 18.7 Å². The van der Waals surface area contributed by atoms with Crippen molar-refractivity contribution in [1.29, 1.82) is 0 Å². The van der Waals surface area contributed by atoms with Crippen LogP contribution in [0.1, 0.15) is 57.8 Å². The summed E-state index contributed by atoms with van der Waals surface area (Å²) in [6.07, 6.45) is 17.4. The fraction of sp³-hybridized carbons (Fsp3) is 0.714. The summed E-state index contributed by atoms with van der Waals surface area (Å²) in [5, 5.41) is 8.58. The quantitative estimate of drug-likeness (QED) is 0.399. The van der Waals surface area contributed by atoms with Crippen molar-refractivity contribution in [2.45, 2.75) is 57.8 Å². The molecule has 0 aromatic heterocycles. The Hall–Kier alpha value is -0.560. The van der Waals surface area contributed by atoms with E-state index < -0.39 is 0 Å². The molecule has 0 amide bonds. The zero-order valence-corrected chi connectivity index (χ0v) is 9.96. The van der Waals surface area contributed by atoms with E-state index in [0.29, 0.717) is 6.61 Å². The maximum absolute atomic E-state index is 8.58. The van der Waals surface area contributed by atoms with Gasteiger partial charge in [0.2, 0.25) is 0 Å². The summed E-state index contributed by atoms with van der Waals surface area (Å²) >= 11 is 0. The molecule has 88 valence electrons. The van der Waals surface area contributed by atoms with Crippen molar-refractivity contribution in [2.24, 2.45) is 0 Å². The highest BCUT2D eigenvalue weighted by Crippen LogP contribution is 2.06. The van der Waals surface area contributed by atoms with Crippen molar-refractivity contribution in [2.75, 3.05) is 6.61 Å². The monoisotopic (exact) mass is 210 g/mol. The molecule has 0 bridgehead atoms. The summed E-state index contributed by atoms with van der Waals surface area (Å²) in [6.45, 7) is 4.04. The third-order valence-corrected chi connectivity index (χ3v) is 2.47. The Kier molecular flexibility index (Phi) is 12.9. The van der Waals surface area contributed by atoms with Crippen LogP contribution in [0.25, 0.3) is 0 Å². The van der Waals surface area contributed by atoms with Gasteiger partial charge in [-0.15, -0.1) is 6.58 Å². The number of aliphatic hydroxyl groups excluding tert-OH is 1. The Balaban J connectivity index is 2.99. The summed E-state index contributed by atoms with van der Waals surface area (Å²) in [4.78, 5) is 0. The van der Waals surface area contributed by atoms with Gasteiger partial charge in [-0.3, -0.25) is 0 Å². The van der Waals surface area contributed by atoms with E-state index in [9.17, 15) is 0 Å². The van der Waals surface area contributed by atoms with Crippen molar-refractivity contribution < 1.29 is 5.11 Å². The molecule has 0 aromatic carbocycles. The number of aliphatic hydroxyl groups is 1. The first kappa shape index (κ1) is 14.4. The number of hydrogen-bond donors (Lipinski definition) is 1. The standard InChI is InChI=1S/C14H26O/c1-2-3-4-5-6-7-8-9-10-11-12-13-14-15/h2,9-10,15H,1,3-8,11-14H2. The van der Waals surface area contributed by atoms with E-state index in [1.807, 2.05) is 6.08 Å². The average molecular weight is 210 g/mol. The van der Waals surface area contributed by atoms with Gasteiger partial charge in [0.25, 0.3) is 0 Å². The Morgan fingerprint density at radius 2 is 1.27 bits per heavy atom. The lowest BCUT2D eigenvalue weighted by atomic mass is 10.1. The minimum Gasteiger partial charge on any atom is -0.396 e. The summed E-state index contributed by atoms with van der Waals surface area (Å²) in [7, 11) is 0. The van der Waals surface area contributed by atoms with E-state index in [1.54, 1.807) is 0 Å². The molecular formula is C14H26O. The highest BCUT2D eigenvalue weighted by Gasteiger charge is 1.87. The minimum atomic E-state index is 0.330. The molecule has 0 saturated heterocycles. The highest BCUT2D eigenvalue weighted by molar-refractivity contribution is 4.81. The van der Waals surface area contributed by atoms with Gasteiger partial charge in [0.15, 0.2) is 0 Å². The third-order valence-electron chi connectivity index (χ3n) is 2.47. The molecule has 0 heterocycles. The van der Waals surface area contributed by atoms with Gasteiger partial charge >= 0.3 is 0 Å². The molecule has 0 aliphatic carbocycles. The van der Waals surface area contributed by atoms with Gasteiger partial charge in [-0.25, -0.2) is 0 Å². The molecule has 0 radical (unpaired) electrons. The van der Waals surface area contributed by atoms with Crippen LogP contribution in [0, 0.1) is 0 Å². The maximum atomic E-state index is 8.58. The first-order valence-electron chi connectivity index (χ1n) is 6.28. The van der Waals surface area contributed by atoms with Gasteiger partial charge in [0.1, 0.15) is 0 Å². The lowest BCUT2D eigenvalue weighted by molar-refractivity contribution is 0.285. The summed E-state index contributed by atoms with van der Waals surface area (Å²) in [5.74, 6) is 0. The van der Waals surface area contributed by atoms with E-state index in [-0.39, 0.29) is 0 Å². The van der Waals surface area contributed by atoms with Gasteiger partial charge in [-0.2, -0.15) is 0 Å². The predicted molar refractivity (Wildman–Crippen MR) is 68.0 cm³/mol. The highest BCUT2D eigenvalue weighted by atomic mass is 16.2. The molecule has 0 fully saturated rings. The van der Waals surface area contributed by atoms with Crippen molar-refractivity contribution in [3.63, 3.8) is 0 Å². The first-order chi connectivity index (χ1) is 7.41. The molecule has 0 spiro atoms. The fourth-order valence-corrected chi connectivity index (χ4v) is 1.51. The Morgan fingerprint density at radius 3 is 1.80 bits per heavy atom. The van der Waals surface area contributed by atoms with Gasteiger partial charge in [0, 0.05) is 6.61 Å². The largest absolute Gasteiger partial charge is 0.396 e. The van der Waals surface area contributed by atoms with Crippen LogP contribution < -0.4 is 0 Å². The number of allylic oxidation sites excluding steroid dienone is 3. The Labute approximate surface area is 94.9 Å². The Bertz CT molecular complexity index is 149. The van der Waals surface area contributed by atoms with Crippen LogP contribution >= 0.6 is 0 Å². The van der Waals surface area contributed by atoms with Crippen molar-refractivity contribution in [3.8, 4) is 0 Å². The van der Waals surface area contributed by atoms with Crippen LogP contribution in [0.2, 0.25) is 0 Å². The molecule has 1 N–H and O–H groups in total. The summed E-state index contributed by atoms with van der Waals surface area (Å²) in [5.41, 5.74) is 0. The van der Waals surface area contributed by atoms with Gasteiger partial charge in [-0.05, 0) is 44.9 Å². The molecule has 0 aromatic rings. The number of rotatable bonds is 11. The third kappa shape index (κ3) is 13.4. The molecule has 1 nitrogen and oxygen atoms in total. The molecule has 15 heavy (non-hydrogen) atoms. The predicted octanol–water partition coefficient (Wildman–Crippen LogP) is 4.23. The van der Waals surface area contributed by atoms with Crippen LogP contribution in [0.4, 0.5) is 0 Å². The van der Waals surface area contributed by atoms with Crippen molar-refractivity contribution in [1.82, 2.24) is 0 Å². The van der Waals surface area contributed by atoms with Crippen LogP contribution in [0.15, 0.2) is 24.8 Å². The first-order valence-corrected chi connectivity index (χ1v) is 6.28. The van der Waals surface area contributed by atoms with Crippen molar-refractivity contribution in [3.05, 3.63) is 24.8 Å². The molecule has 0 saturated carbocycles. The van der Waals surface area contributed by atoms with Gasteiger partial charge in [0.05, 0.1) is 0 Å². The topological polar surface area (TPSA) is 20.2 Å². The van der Waals surface area contributed by atoms with E-state index >= 15 is 0 Å². The molecule has 0 aliphatic heterocycles. The maximum Gasteiger partial charge on any atom is 0.0431 e. The molecule has 1 heteroatoms. The fourth-order valence-electron chi connectivity index (χ4n) is 1.51. The van der Waals surface area contributed by atoms with E-state index in [4.69, 9.17) is 5.11 Å². The van der Waals surface area contributed by atoms with Crippen molar-refractivity contribution >= 4 is 0 Å². The average Bonchev–Trinajstić information content (AvgIpc) is 2.26. The number of unbranched alkanes of at least 4 members (excludes halogenated alkanes) is 7.